The summed E-state index contributed by atoms with van der Waals surface area (Å²) in [4.78, 5) is 25.4. The summed E-state index contributed by atoms with van der Waals surface area (Å²) < 4.78 is 0. The van der Waals surface area contributed by atoms with Crippen LogP contribution in [0.4, 0.5) is 5.69 Å². The minimum Gasteiger partial charge on any atom is -0.396 e. The summed E-state index contributed by atoms with van der Waals surface area (Å²) >= 11 is 11.7. The van der Waals surface area contributed by atoms with Gasteiger partial charge < -0.3 is 16.0 Å². The Balaban J connectivity index is 2.84. The van der Waals surface area contributed by atoms with Crippen LogP contribution in [-0.4, -0.2) is 36.3 Å². The molecule has 0 spiro atoms. The summed E-state index contributed by atoms with van der Waals surface area (Å²) in [5, 5.41) is 3.00. The average Bonchev–Trinajstić information content (AvgIpc) is 2.42. The Hall–Kier alpha value is -1.46. The number of rotatable bonds is 4. The molecule has 3 N–H and O–H groups in total. The van der Waals surface area contributed by atoms with Crippen LogP contribution >= 0.6 is 23.2 Å². The van der Waals surface area contributed by atoms with E-state index in [1.165, 1.54) is 17.0 Å². The van der Waals surface area contributed by atoms with Crippen molar-refractivity contribution in [1.29, 1.82) is 0 Å². The number of carbonyl (C=O) groups excluding carboxylic acids is 2. The van der Waals surface area contributed by atoms with Gasteiger partial charge in [0.05, 0.1) is 15.7 Å². The van der Waals surface area contributed by atoms with Crippen LogP contribution in [0.3, 0.4) is 0 Å². The Morgan fingerprint density at radius 1 is 1.35 bits per heavy atom. The number of nitrogens with one attached hydrogen (secondary N) is 1. The predicted molar refractivity (Wildman–Crippen MR) is 81.1 cm³/mol. The molecule has 110 valence electrons. The zero-order valence-corrected chi connectivity index (χ0v) is 13.0. The van der Waals surface area contributed by atoms with Gasteiger partial charge in [0.15, 0.2) is 0 Å². The summed E-state index contributed by atoms with van der Waals surface area (Å²) in [7, 11) is 1.67. The Labute approximate surface area is 128 Å². The molecule has 0 saturated carbocycles. The second-order valence-corrected chi connectivity index (χ2v) is 5.22. The molecule has 0 heterocycles. The number of amides is 2. The number of nitrogen functional groups attached to an aromatic ring is 1. The lowest BCUT2D eigenvalue weighted by molar-refractivity contribution is -0.131. The number of nitrogens with two attached hydrogens (primary N) is 1. The molecule has 0 saturated heterocycles. The van der Waals surface area contributed by atoms with E-state index in [-0.39, 0.29) is 27.2 Å². The van der Waals surface area contributed by atoms with E-state index in [4.69, 9.17) is 28.9 Å². The molecular formula is C13H17Cl2N3O2. The van der Waals surface area contributed by atoms with Gasteiger partial charge in [-0.1, -0.05) is 23.2 Å². The van der Waals surface area contributed by atoms with E-state index in [1.54, 1.807) is 14.0 Å². The lowest BCUT2D eigenvalue weighted by atomic mass is 10.1. The van der Waals surface area contributed by atoms with Crippen LogP contribution in [-0.2, 0) is 4.79 Å². The SMILES string of the molecule is CCN(C)C(=O)C(C)NC(=O)c1cc(Cl)c(N)c(Cl)c1. The van der Waals surface area contributed by atoms with Crippen molar-refractivity contribution in [2.75, 3.05) is 19.3 Å². The first-order chi connectivity index (χ1) is 9.27. The molecular weight excluding hydrogens is 301 g/mol. The van der Waals surface area contributed by atoms with E-state index < -0.39 is 11.9 Å². The standard InChI is InChI=1S/C13H17Cl2N3O2/c1-4-18(3)13(20)7(2)17-12(19)8-5-9(14)11(16)10(15)6-8/h5-7H,4,16H2,1-3H3,(H,17,19). The summed E-state index contributed by atoms with van der Waals surface area (Å²) in [6.45, 7) is 4.04. The van der Waals surface area contributed by atoms with Gasteiger partial charge in [-0.15, -0.1) is 0 Å². The summed E-state index contributed by atoms with van der Waals surface area (Å²) in [5.74, 6) is -0.604. The second kappa shape index (κ2) is 6.81. The molecule has 7 heteroatoms. The molecule has 2 amide bonds. The molecule has 1 atom stereocenters. The molecule has 0 aliphatic carbocycles. The fourth-order valence-electron chi connectivity index (χ4n) is 1.54. The highest BCUT2D eigenvalue weighted by Gasteiger charge is 2.20. The zero-order chi connectivity index (χ0) is 15.4. The molecule has 0 aliphatic heterocycles. The van der Waals surface area contributed by atoms with Crippen molar-refractivity contribution in [1.82, 2.24) is 10.2 Å². The smallest absolute Gasteiger partial charge is 0.252 e. The highest BCUT2D eigenvalue weighted by atomic mass is 35.5. The van der Waals surface area contributed by atoms with Gasteiger partial charge in [-0.2, -0.15) is 0 Å². The van der Waals surface area contributed by atoms with Crippen molar-refractivity contribution in [2.24, 2.45) is 0 Å². The molecule has 1 rings (SSSR count). The number of carbonyl (C=O) groups is 2. The van der Waals surface area contributed by atoms with Crippen molar-refractivity contribution in [3.63, 3.8) is 0 Å². The number of likely N-dealkylation sites (N-methyl/N-ethyl adjacent to an activating group) is 1. The monoisotopic (exact) mass is 317 g/mol. The molecule has 1 aromatic carbocycles. The Bertz CT molecular complexity index is 511. The van der Waals surface area contributed by atoms with Gasteiger partial charge in [-0.25, -0.2) is 0 Å². The van der Waals surface area contributed by atoms with Crippen LogP contribution < -0.4 is 11.1 Å². The summed E-state index contributed by atoms with van der Waals surface area (Å²) in [6, 6.07) is 2.19. The summed E-state index contributed by atoms with van der Waals surface area (Å²) in [6.07, 6.45) is 0. The molecule has 20 heavy (non-hydrogen) atoms. The highest BCUT2D eigenvalue weighted by molar-refractivity contribution is 6.39. The van der Waals surface area contributed by atoms with Crippen LogP contribution in [0.25, 0.3) is 0 Å². The summed E-state index contributed by atoms with van der Waals surface area (Å²) in [5.41, 5.74) is 6.08. The van der Waals surface area contributed by atoms with Gasteiger partial charge in [0.2, 0.25) is 5.91 Å². The van der Waals surface area contributed by atoms with Gasteiger partial charge in [-0.05, 0) is 26.0 Å². The third-order valence-corrected chi connectivity index (χ3v) is 3.54. The van der Waals surface area contributed by atoms with Gasteiger partial charge in [0.1, 0.15) is 6.04 Å². The van der Waals surface area contributed by atoms with E-state index in [0.717, 1.165) is 0 Å². The molecule has 0 bridgehead atoms. The lowest BCUT2D eigenvalue weighted by Crippen LogP contribution is -2.45. The molecule has 0 fully saturated rings. The van der Waals surface area contributed by atoms with E-state index >= 15 is 0 Å². The normalized spacial score (nSPS) is 11.8. The number of benzene rings is 1. The van der Waals surface area contributed by atoms with Gasteiger partial charge in [0, 0.05) is 19.2 Å². The van der Waals surface area contributed by atoms with Gasteiger partial charge >= 0.3 is 0 Å². The fraction of sp³-hybridized carbons (Fsp3) is 0.385. The van der Waals surface area contributed by atoms with Crippen molar-refractivity contribution in [3.05, 3.63) is 27.7 Å². The molecule has 5 nitrogen and oxygen atoms in total. The first-order valence-electron chi connectivity index (χ1n) is 6.08. The maximum atomic E-state index is 12.0. The number of nitrogens with zero attached hydrogens (tertiary/aromatic N) is 1. The van der Waals surface area contributed by atoms with Crippen molar-refractivity contribution in [2.45, 2.75) is 19.9 Å². The molecule has 1 aromatic rings. The maximum Gasteiger partial charge on any atom is 0.252 e. The van der Waals surface area contributed by atoms with Crippen molar-refractivity contribution in [3.8, 4) is 0 Å². The van der Waals surface area contributed by atoms with Crippen LogP contribution in [0.5, 0.6) is 0 Å². The second-order valence-electron chi connectivity index (χ2n) is 4.40. The van der Waals surface area contributed by atoms with Crippen LogP contribution in [0.1, 0.15) is 24.2 Å². The maximum absolute atomic E-state index is 12.0. The predicted octanol–water partition coefficient (Wildman–Crippen LogP) is 2.17. The quantitative estimate of drug-likeness (QED) is 0.836. The van der Waals surface area contributed by atoms with Gasteiger partial charge in [-0.3, -0.25) is 9.59 Å². The number of anilines is 1. The van der Waals surface area contributed by atoms with E-state index in [2.05, 4.69) is 5.32 Å². The Kier molecular flexibility index (Phi) is 5.65. The fourth-order valence-corrected chi connectivity index (χ4v) is 2.03. The number of hydrogen-bond acceptors (Lipinski definition) is 3. The zero-order valence-electron chi connectivity index (χ0n) is 11.5. The lowest BCUT2D eigenvalue weighted by Gasteiger charge is -2.20. The first-order valence-corrected chi connectivity index (χ1v) is 6.83. The van der Waals surface area contributed by atoms with E-state index in [9.17, 15) is 9.59 Å². The first kappa shape index (κ1) is 16.6. The minimum atomic E-state index is -0.637. The Morgan fingerprint density at radius 2 is 1.85 bits per heavy atom. The van der Waals surface area contributed by atoms with Crippen LogP contribution in [0.2, 0.25) is 10.0 Å². The van der Waals surface area contributed by atoms with E-state index in [0.29, 0.717) is 6.54 Å². The average molecular weight is 318 g/mol. The van der Waals surface area contributed by atoms with Crippen molar-refractivity contribution >= 4 is 40.7 Å². The number of hydrogen-bond donors (Lipinski definition) is 2. The van der Waals surface area contributed by atoms with Crippen LogP contribution in [0.15, 0.2) is 12.1 Å². The van der Waals surface area contributed by atoms with E-state index in [1.807, 2.05) is 6.92 Å². The topological polar surface area (TPSA) is 75.4 Å². The molecule has 0 aliphatic rings. The Morgan fingerprint density at radius 3 is 2.30 bits per heavy atom. The van der Waals surface area contributed by atoms with Crippen LogP contribution in [0, 0.1) is 0 Å². The van der Waals surface area contributed by atoms with Crippen molar-refractivity contribution < 1.29 is 9.59 Å². The van der Waals surface area contributed by atoms with Gasteiger partial charge in [0.25, 0.3) is 5.91 Å². The third-order valence-electron chi connectivity index (χ3n) is 2.91. The number of halogens is 2. The third kappa shape index (κ3) is 3.77. The highest BCUT2D eigenvalue weighted by Crippen LogP contribution is 2.28. The minimum absolute atomic E-state index is 0.173. The molecule has 0 aromatic heterocycles. The largest absolute Gasteiger partial charge is 0.396 e. The molecule has 0 radical (unpaired) electrons. The molecule has 1 unspecified atom stereocenters.